The van der Waals surface area contributed by atoms with Gasteiger partial charge < -0.3 is 0 Å². The number of carbonyl (C=O) groups excluding carboxylic acids is 2. The number of carbonyl (C=O) groups is 2. The Kier molecular flexibility index (Phi) is 3.48. The van der Waals surface area contributed by atoms with E-state index in [1.54, 1.807) is 0 Å². The molecule has 1 spiro atoms. The highest BCUT2D eigenvalue weighted by Crippen LogP contribution is 2.64. The molecule has 1 heterocycles. The summed E-state index contributed by atoms with van der Waals surface area (Å²) in [5.41, 5.74) is 1.68. The van der Waals surface area contributed by atoms with Gasteiger partial charge in [0.05, 0.1) is 12.0 Å². The fraction of sp³-hybridized carbons (Fsp3) is 0.250. The van der Waals surface area contributed by atoms with E-state index in [1.165, 1.54) is 11.8 Å². The van der Waals surface area contributed by atoms with Gasteiger partial charge in [0.1, 0.15) is 0 Å². The Hall–Kier alpha value is -2.94. The van der Waals surface area contributed by atoms with Gasteiger partial charge >= 0.3 is 0 Å². The maximum Gasteiger partial charge on any atom is 0.234 e. The summed E-state index contributed by atoms with van der Waals surface area (Å²) in [6, 6.07) is 19.9. The van der Waals surface area contributed by atoms with Crippen LogP contribution in [0, 0.1) is 17.3 Å². The van der Waals surface area contributed by atoms with Crippen LogP contribution in [0.15, 0.2) is 85.0 Å². The summed E-state index contributed by atoms with van der Waals surface area (Å²) in [5, 5.41) is 0. The van der Waals surface area contributed by atoms with Crippen molar-refractivity contribution in [2.45, 2.75) is 18.9 Å². The molecular formula is C24H21NO2. The molecule has 2 amide bonds. The lowest BCUT2D eigenvalue weighted by atomic mass is 9.55. The third-order valence-corrected chi connectivity index (χ3v) is 6.40. The van der Waals surface area contributed by atoms with Crippen molar-refractivity contribution in [3.8, 4) is 0 Å². The Morgan fingerprint density at radius 2 is 1.44 bits per heavy atom. The van der Waals surface area contributed by atoms with Crippen LogP contribution in [0.2, 0.25) is 0 Å². The first-order valence-corrected chi connectivity index (χ1v) is 9.46. The molecule has 3 aliphatic carbocycles. The molecular weight excluding hydrogens is 334 g/mol. The van der Waals surface area contributed by atoms with Gasteiger partial charge in [0.15, 0.2) is 0 Å². The third kappa shape index (κ3) is 2.14. The van der Waals surface area contributed by atoms with Crippen LogP contribution in [-0.4, -0.2) is 16.7 Å². The number of imide groups is 1. The molecule has 1 aliphatic heterocycles. The van der Waals surface area contributed by atoms with Crippen molar-refractivity contribution in [1.82, 2.24) is 4.90 Å². The average molecular weight is 355 g/mol. The van der Waals surface area contributed by atoms with Gasteiger partial charge in [-0.2, -0.15) is 0 Å². The molecule has 3 heteroatoms. The van der Waals surface area contributed by atoms with Gasteiger partial charge in [0.2, 0.25) is 11.8 Å². The van der Waals surface area contributed by atoms with Gasteiger partial charge in [-0.3, -0.25) is 14.5 Å². The van der Waals surface area contributed by atoms with Gasteiger partial charge in [-0.15, -0.1) is 0 Å². The minimum Gasteiger partial charge on any atom is -0.275 e. The van der Waals surface area contributed by atoms with Gasteiger partial charge in [-0.1, -0.05) is 85.0 Å². The summed E-state index contributed by atoms with van der Waals surface area (Å²) in [5.74, 6) is -0.247. The summed E-state index contributed by atoms with van der Waals surface area (Å²) >= 11 is 0. The van der Waals surface area contributed by atoms with Gasteiger partial charge in [0, 0.05) is 24.2 Å². The van der Waals surface area contributed by atoms with Crippen LogP contribution in [-0.2, 0) is 9.59 Å². The van der Waals surface area contributed by atoms with E-state index in [0.717, 1.165) is 11.1 Å². The summed E-state index contributed by atoms with van der Waals surface area (Å²) in [6.07, 6.45) is 8.81. The van der Waals surface area contributed by atoms with E-state index in [1.807, 2.05) is 48.5 Å². The number of benzene rings is 2. The molecule has 0 saturated carbocycles. The molecule has 134 valence electrons. The minimum absolute atomic E-state index is 0.0519. The Bertz CT molecular complexity index is 946. The van der Waals surface area contributed by atoms with Crippen LogP contribution in [0.4, 0.5) is 0 Å². The number of likely N-dealkylation sites (tertiary alicyclic amines) is 1. The highest BCUT2D eigenvalue weighted by molar-refractivity contribution is 6.00. The zero-order valence-corrected chi connectivity index (χ0v) is 15.2. The lowest BCUT2D eigenvalue weighted by molar-refractivity contribution is -0.144. The maximum absolute atomic E-state index is 13.6. The topological polar surface area (TPSA) is 37.4 Å². The van der Waals surface area contributed by atoms with Gasteiger partial charge in [-0.25, -0.2) is 0 Å². The minimum atomic E-state index is -0.487. The largest absolute Gasteiger partial charge is 0.275 e. The average Bonchev–Trinajstić information content (AvgIpc) is 2.98. The molecule has 0 radical (unpaired) electrons. The Labute approximate surface area is 159 Å². The van der Waals surface area contributed by atoms with Crippen LogP contribution >= 0.6 is 0 Å². The number of hydrogen-bond acceptors (Lipinski definition) is 2. The lowest BCUT2D eigenvalue weighted by Gasteiger charge is -2.46. The van der Waals surface area contributed by atoms with Crippen LogP contribution in [0.25, 0.3) is 0 Å². The van der Waals surface area contributed by atoms with Crippen LogP contribution in [0.5, 0.6) is 0 Å². The standard InChI is InChI=1S/C24H21NO2/c1-16(26)25-22(19-10-6-3-7-11-19)24-14-12-18(13-15-24)20(21(24)23(25)27)17-8-4-2-5-9-17/h2-15,18,20-22H,1H3/t18?,20-,21-,22+,24?/m0/s1. The maximum atomic E-state index is 13.6. The van der Waals surface area contributed by atoms with Crippen molar-refractivity contribution < 1.29 is 9.59 Å². The molecule has 6 rings (SSSR count). The molecule has 2 aromatic rings. The molecule has 27 heavy (non-hydrogen) atoms. The smallest absolute Gasteiger partial charge is 0.234 e. The molecule has 3 nitrogen and oxygen atoms in total. The molecule has 4 aliphatic rings. The van der Waals surface area contributed by atoms with Crippen molar-refractivity contribution in [1.29, 1.82) is 0 Å². The first-order valence-electron chi connectivity index (χ1n) is 9.46. The van der Waals surface area contributed by atoms with Crippen LogP contribution in [0.3, 0.4) is 0 Å². The quantitative estimate of drug-likeness (QED) is 0.755. The summed E-state index contributed by atoms with van der Waals surface area (Å²) in [4.78, 5) is 27.6. The Balaban J connectivity index is 1.73. The van der Waals surface area contributed by atoms with Gasteiger partial charge in [-0.05, 0) is 11.1 Å². The van der Waals surface area contributed by atoms with Crippen molar-refractivity contribution in [2.75, 3.05) is 0 Å². The fourth-order valence-electron chi connectivity index (χ4n) is 5.38. The van der Waals surface area contributed by atoms with E-state index in [9.17, 15) is 9.59 Å². The van der Waals surface area contributed by atoms with E-state index < -0.39 is 5.41 Å². The van der Waals surface area contributed by atoms with Crippen molar-refractivity contribution in [3.05, 3.63) is 96.1 Å². The molecule has 2 aromatic carbocycles. The van der Waals surface area contributed by atoms with Crippen molar-refractivity contribution >= 4 is 11.8 Å². The zero-order chi connectivity index (χ0) is 18.6. The Morgan fingerprint density at radius 3 is 2.00 bits per heavy atom. The molecule has 1 saturated heterocycles. The molecule has 3 atom stereocenters. The number of rotatable bonds is 2. The van der Waals surface area contributed by atoms with E-state index >= 15 is 0 Å². The SMILES string of the molecule is CC(=O)N1C(=O)[C@@H]2[C@@H](c3ccccc3)C3C=CC2(C=C3)[C@H]1c1ccccc1. The van der Waals surface area contributed by atoms with Crippen LogP contribution < -0.4 is 0 Å². The fourth-order valence-corrected chi connectivity index (χ4v) is 5.38. The van der Waals surface area contributed by atoms with Crippen LogP contribution in [0.1, 0.15) is 30.0 Å². The molecule has 1 fully saturated rings. The number of allylic oxidation sites excluding steroid dienone is 2. The predicted octanol–water partition coefficient (Wildman–Crippen LogP) is 4.26. The normalized spacial score (nSPS) is 33.4. The lowest BCUT2D eigenvalue weighted by Crippen LogP contribution is -2.42. The molecule has 0 unspecified atom stereocenters. The first kappa shape index (κ1) is 16.2. The summed E-state index contributed by atoms with van der Waals surface area (Å²) in [7, 11) is 0. The first-order chi connectivity index (χ1) is 13.1. The van der Waals surface area contributed by atoms with E-state index in [-0.39, 0.29) is 35.6 Å². The Morgan fingerprint density at radius 1 is 0.889 bits per heavy atom. The van der Waals surface area contributed by atoms with E-state index in [4.69, 9.17) is 0 Å². The summed E-state index contributed by atoms with van der Waals surface area (Å²) in [6.45, 7) is 1.50. The van der Waals surface area contributed by atoms with Crippen molar-refractivity contribution in [2.24, 2.45) is 17.3 Å². The number of amides is 2. The highest BCUT2D eigenvalue weighted by Gasteiger charge is 2.64. The second kappa shape index (κ2) is 5.78. The van der Waals surface area contributed by atoms with Gasteiger partial charge in [0.25, 0.3) is 0 Å². The number of hydrogen-bond donors (Lipinski definition) is 0. The second-order valence-corrected chi connectivity index (χ2v) is 7.75. The molecule has 0 N–H and O–H groups in total. The zero-order valence-electron chi connectivity index (χ0n) is 15.2. The van der Waals surface area contributed by atoms with E-state index in [0.29, 0.717) is 0 Å². The molecule has 2 bridgehead atoms. The van der Waals surface area contributed by atoms with Crippen molar-refractivity contribution in [3.63, 3.8) is 0 Å². The third-order valence-electron chi connectivity index (χ3n) is 6.40. The number of nitrogens with zero attached hydrogens (tertiary/aromatic N) is 1. The summed E-state index contributed by atoms with van der Waals surface area (Å²) < 4.78 is 0. The predicted molar refractivity (Wildman–Crippen MR) is 104 cm³/mol. The van der Waals surface area contributed by atoms with E-state index in [2.05, 4.69) is 36.4 Å². The second-order valence-electron chi connectivity index (χ2n) is 7.75. The highest BCUT2D eigenvalue weighted by atomic mass is 16.2. The monoisotopic (exact) mass is 355 g/mol. The molecule has 0 aromatic heterocycles.